The second-order valence-electron chi connectivity index (χ2n) is 7.34. The summed E-state index contributed by atoms with van der Waals surface area (Å²) in [5, 5.41) is 7.60. The molecule has 3 rings (SSSR count). The zero-order valence-corrected chi connectivity index (χ0v) is 16.3. The molecule has 0 aliphatic rings. The van der Waals surface area contributed by atoms with Crippen LogP contribution >= 0.6 is 0 Å². The second kappa shape index (κ2) is 8.08. The van der Waals surface area contributed by atoms with E-state index in [-0.39, 0.29) is 11.3 Å². The lowest BCUT2D eigenvalue weighted by molar-refractivity contribution is 0.102. The van der Waals surface area contributed by atoms with Crippen molar-refractivity contribution in [1.29, 1.82) is 0 Å². The molecule has 6 nitrogen and oxygen atoms in total. The highest BCUT2D eigenvalue weighted by atomic mass is 16.5. The smallest absolute Gasteiger partial charge is 0.256 e. The summed E-state index contributed by atoms with van der Waals surface area (Å²) in [4.78, 5) is 17.1. The van der Waals surface area contributed by atoms with Crippen LogP contribution in [0.4, 0.5) is 5.82 Å². The summed E-state index contributed by atoms with van der Waals surface area (Å²) >= 11 is 0. The first kappa shape index (κ1) is 19.4. The number of rotatable bonds is 6. The van der Waals surface area contributed by atoms with Crippen LogP contribution < -0.4 is 10.1 Å². The van der Waals surface area contributed by atoms with Crippen molar-refractivity contribution in [3.05, 3.63) is 78.6 Å². The molecule has 1 N–H and O–H groups in total. The van der Waals surface area contributed by atoms with E-state index in [4.69, 9.17) is 4.74 Å². The lowest BCUT2D eigenvalue weighted by Gasteiger charge is -2.13. The lowest BCUT2D eigenvalue weighted by Crippen LogP contribution is -2.15. The Morgan fingerprint density at radius 1 is 1.21 bits per heavy atom. The van der Waals surface area contributed by atoms with Crippen molar-refractivity contribution in [3.8, 4) is 11.6 Å². The number of hydrogen-bond acceptors (Lipinski definition) is 4. The van der Waals surface area contributed by atoms with Crippen LogP contribution in [0, 0.1) is 0 Å². The van der Waals surface area contributed by atoms with Gasteiger partial charge in [0.15, 0.2) is 5.82 Å². The van der Waals surface area contributed by atoms with E-state index in [0.29, 0.717) is 29.6 Å². The standard InChI is InChI=1S/C22H24N4O2/c1-5-14-28-17-11-9-16(10-12-17)21(27)24-20-15-18(22(2,3)4)25-26(20)19-8-6-7-13-23-19/h5-13,15H,1,14H2,2-4H3,(H,24,27). The number of hydrogen-bond donors (Lipinski definition) is 1. The van der Waals surface area contributed by atoms with Gasteiger partial charge in [0.05, 0.1) is 5.69 Å². The van der Waals surface area contributed by atoms with Gasteiger partial charge in [-0.3, -0.25) is 4.79 Å². The maximum atomic E-state index is 12.8. The quantitative estimate of drug-likeness (QED) is 0.648. The van der Waals surface area contributed by atoms with Crippen molar-refractivity contribution >= 4 is 11.7 Å². The predicted molar refractivity (Wildman–Crippen MR) is 110 cm³/mol. The molecular formula is C22H24N4O2. The van der Waals surface area contributed by atoms with Crippen molar-refractivity contribution in [3.63, 3.8) is 0 Å². The van der Waals surface area contributed by atoms with E-state index in [1.54, 1.807) is 41.2 Å². The first-order valence-corrected chi connectivity index (χ1v) is 9.05. The molecule has 1 aromatic carbocycles. The molecule has 0 bridgehead atoms. The molecule has 28 heavy (non-hydrogen) atoms. The van der Waals surface area contributed by atoms with Crippen LogP contribution in [0.5, 0.6) is 5.75 Å². The molecule has 0 spiro atoms. The fourth-order valence-electron chi connectivity index (χ4n) is 2.54. The number of ether oxygens (including phenoxy) is 1. The Kier molecular flexibility index (Phi) is 5.59. The topological polar surface area (TPSA) is 69.0 Å². The Morgan fingerprint density at radius 2 is 1.96 bits per heavy atom. The third kappa shape index (κ3) is 4.46. The third-order valence-corrected chi connectivity index (χ3v) is 4.07. The molecule has 2 aromatic heterocycles. The van der Waals surface area contributed by atoms with Crippen molar-refractivity contribution < 1.29 is 9.53 Å². The van der Waals surface area contributed by atoms with Gasteiger partial charge in [-0.1, -0.05) is 39.5 Å². The second-order valence-corrected chi connectivity index (χ2v) is 7.34. The Balaban J connectivity index is 1.87. The largest absolute Gasteiger partial charge is 0.490 e. The number of anilines is 1. The average molecular weight is 376 g/mol. The summed E-state index contributed by atoms with van der Waals surface area (Å²) < 4.78 is 7.11. The highest BCUT2D eigenvalue weighted by Crippen LogP contribution is 2.26. The molecule has 0 radical (unpaired) electrons. The van der Waals surface area contributed by atoms with E-state index >= 15 is 0 Å². The fourth-order valence-corrected chi connectivity index (χ4v) is 2.54. The van der Waals surface area contributed by atoms with Crippen molar-refractivity contribution in [2.75, 3.05) is 11.9 Å². The van der Waals surface area contributed by atoms with Gasteiger partial charge in [-0.15, -0.1) is 0 Å². The number of amides is 1. The molecule has 144 valence electrons. The third-order valence-electron chi connectivity index (χ3n) is 4.07. The van der Waals surface area contributed by atoms with E-state index < -0.39 is 0 Å². The zero-order chi connectivity index (χ0) is 20.1. The Morgan fingerprint density at radius 3 is 2.57 bits per heavy atom. The van der Waals surface area contributed by atoms with Gasteiger partial charge in [0, 0.05) is 23.2 Å². The fraction of sp³-hybridized carbons (Fsp3) is 0.227. The number of aromatic nitrogens is 3. The van der Waals surface area contributed by atoms with Gasteiger partial charge in [-0.2, -0.15) is 9.78 Å². The number of carbonyl (C=O) groups excluding carboxylic acids is 1. The monoisotopic (exact) mass is 376 g/mol. The maximum absolute atomic E-state index is 12.8. The van der Waals surface area contributed by atoms with E-state index in [0.717, 1.165) is 5.69 Å². The normalized spacial score (nSPS) is 11.1. The minimum absolute atomic E-state index is 0.163. The molecule has 2 heterocycles. The van der Waals surface area contributed by atoms with Crippen LogP contribution in [0.15, 0.2) is 67.4 Å². The summed E-state index contributed by atoms with van der Waals surface area (Å²) in [5.41, 5.74) is 1.22. The van der Waals surface area contributed by atoms with Crippen LogP contribution in [0.3, 0.4) is 0 Å². The molecule has 0 saturated heterocycles. The Labute approximate surface area is 164 Å². The van der Waals surface area contributed by atoms with E-state index in [1.807, 2.05) is 24.3 Å². The summed E-state index contributed by atoms with van der Waals surface area (Å²) in [5.74, 6) is 1.67. The number of benzene rings is 1. The molecule has 6 heteroatoms. The molecule has 3 aromatic rings. The minimum atomic E-state index is -0.229. The molecule has 1 amide bonds. The van der Waals surface area contributed by atoms with Crippen LogP contribution in [-0.2, 0) is 5.41 Å². The highest BCUT2D eigenvalue weighted by molar-refractivity contribution is 6.04. The van der Waals surface area contributed by atoms with Gasteiger partial charge in [0.25, 0.3) is 5.91 Å². The Hall–Kier alpha value is -3.41. The van der Waals surface area contributed by atoms with E-state index in [9.17, 15) is 4.79 Å². The van der Waals surface area contributed by atoms with Gasteiger partial charge in [-0.25, -0.2) is 4.98 Å². The van der Waals surface area contributed by atoms with Gasteiger partial charge in [-0.05, 0) is 36.4 Å². The summed E-state index contributed by atoms with van der Waals surface area (Å²) in [6, 6.07) is 14.4. The molecule has 0 saturated carbocycles. The molecule has 0 unspecified atom stereocenters. The summed E-state index contributed by atoms with van der Waals surface area (Å²) in [7, 11) is 0. The van der Waals surface area contributed by atoms with Gasteiger partial charge in [0.2, 0.25) is 0 Å². The Bertz CT molecular complexity index is 954. The number of nitrogens with one attached hydrogen (secondary N) is 1. The molecular weight excluding hydrogens is 352 g/mol. The molecule has 0 aliphatic heterocycles. The molecule has 0 aliphatic carbocycles. The first-order valence-electron chi connectivity index (χ1n) is 9.05. The van der Waals surface area contributed by atoms with E-state index in [1.165, 1.54) is 0 Å². The first-order chi connectivity index (χ1) is 13.4. The summed E-state index contributed by atoms with van der Waals surface area (Å²) in [6.07, 6.45) is 3.37. The number of pyridine rings is 1. The zero-order valence-electron chi connectivity index (χ0n) is 16.3. The van der Waals surface area contributed by atoms with Crippen molar-refractivity contribution in [2.45, 2.75) is 26.2 Å². The van der Waals surface area contributed by atoms with Gasteiger partial charge < -0.3 is 10.1 Å². The van der Waals surface area contributed by atoms with Crippen molar-refractivity contribution in [2.24, 2.45) is 0 Å². The average Bonchev–Trinajstić information content (AvgIpc) is 3.11. The summed E-state index contributed by atoms with van der Waals surface area (Å²) in [6.45, 7) is 10.3. The van der Waals surface area contributed by atoms with Gasteiger partial charge >= 0.3 is 0 Å². The SMILES string of the molecule is C=CCOc1ccc(C(=O)Nc2cc(C(C)(C)C)nn2-c2ccccn2)cc1. The van der Waals surface area contributed by atoms with E-state index in [2.05, 4.69) is 42.7 Å². The highest BCUT2D eigenvalue weighted by Gasteiger charge is 2.22. The van der Waals surface area contributed by atoms with Gasteiger partial charge in [0.1, 0.15) is 18.2 Å². The van der Waals surface area contributed by atoms with Crippen LogP contribution in [-0.4, -0.2) is 27.3 Å². The number of carbonyl (C=O) groups is 1. The predicted octanol–water partition coefficient (Wildman–Crippen LogP) is 4.38. The molecule has 0 atom stereocenters. The number of nitrogens with zero attached hydrogens (tertiary/aromatic N) is 3. The van der Waals surface area contributed by atoms with Crippen molar-refractivity contribution in [1.82, 2.24) is 14.8 Å². The maximum Gasteiger partial charge on any atom is 0.256 e. The van der Waals surface area contributed by atoms with Crippen LogP contribution in [0.25, 0.3) is 5.82 Å². The molecule has 0 fully saturated rings. The van der Waals surface area contributed by atoms with Crippen LogP contribution in [0.2, 0.25) is 0 Å². The minimum Gasteiger partial charge on any atom is -0.490 e. The van der Waals surface area contributed by atoms with Crippen LogP contribution in [0.1, 0.15) is 36.8 Å². The lowest BCUT2D eigenvalue weighted by atomic mass is 9.92.